The highest BCUT2D eigenvalue weighted by atomic mass is 16.5. The number of aromatic nitrogens is 1. The van der Waals surface area contributed by atoms with Crippen molar-refractivity contribution in [3.05, 3.63) is 95.8 Å². The standard InChI is InChI=1S/C42H49N7O9/c1-4-28-39(54)49-23-13-19-30(49)40(55)47(3)31(24-26-14-7-5-8-15-26)41(56)48-22-12-18-29(48)36(51)46-34(27-16-9-6-10-17-27)42(57)58-25(2)33(37(52)44-28)45-38(53)35-32(50)20-11-21-43-35/h5-11,14-17,20-21,25,28-31,33-34,50H,4,12-13,18-19,22-24H2,1-3H3,(H,44,52)(H,45,53)(H,46,51)/t25-,28-,29+,30+,31+,33+,34+/m1/s1. The minimum Gasteiger partial charge on any atom is -0.505 e. The van der Waals surface area contributed by atoms with Crippen LogP contribution in [0, 0.1) is 0 Å². The Morgan fingerprint density at radius 2 is 1.47 bits per heavy atom. The quantitative estimate of drug-likeness (QED) is 0.265. The SMILES string of the molecule is CC[C@H]1NC(=O)[C@@H](NC(=O)c2ncccc2O)[C@@H](C)OC(=O)[C@H](c2ccccc2)NC(=O)[C@@H]2CCCN2C(=O)[C@H](Cc2ccccc2)N(C)C(=O)[C@@H]2CCCN2C1=O. The van der Waals surface area contributed by atoms with Gasteiger partial charge in [-0.05, 0) is 62.3 Å². The van der Waals surface area contributed by atoms with Crippen LogP contribution in [0.15, 0.2) is 79.0 Å². The molecule has 3 aliphatic rings. The zero-order chi connectivity index (χ0) is 41.5. The highest BCUT2D eigenvalue weighted by Crippen LogP contribution is 2.27. The van der Waals surface area contributed by atoms with Crippen LogP contribution < -0.4 is 16.0 Å². The van der Waals surface area contributed by atoms with Gasteiger partial charge in [-0.3, -0.25) is 28.8 Å². The van der Waals surface area contributed by atoms with Crippen molar-refractivity contribution in [2.24, 2.45) is 0 Å². The molecule has 0 spiro atoms. The van der Waals surface area contributed by atoms with Crippen LogP contribution in [0.3, 0.4) is 0 Å². The van der Waals surface area contributed by atoms with Crippen LogP contribution in [0.5, 0.6) is 5.75 Å². The molecule has 0 radical (unpaired) electrons. The van der Waals surface area contributed by atoms with Gasteiger partial charge in [0.2, 0.25) is 29.5 Å². The number of esters is 1. The summed E-state index contributed by atoms with van der Waals surface area (Å²) < 4.78 is 5.85. The number of likely N-dealkylation sites (N-methyl/N-ethyl adjacent to an activating group) is 1. The third-order valence-corrected chi connectivity index (χ3v) is 11.1. The van der Waals surface area contributed by atoms with Crippen molar-refractivity contribution in [1.29, 1.82) is 0 Å². The third-order valence-electron chi connectivity index (χ3n) is 11.1. The first-order valence-corrected chi connectivity index (χ1v) is 19.6. The lowest BCUT2D eigenvalue weighted by molar-refractivity contribution is -0.155. The maximum absolute atomic E-state index is 14.6. The van der Waals surface area contributed by atoms with Crippen molar-refractivity contribution in [2.45, 2.75) is 94.7 Å². The first-order chi connectivity index (χ1) is 27.9. The van der Waals surface area contributed by atoms with Crippen LogP contribution >= 0.6 is 0 Å². The number of benzene rings is 2. The van der Waals surface area contributed by atoms with Gasteiger partial charge in [0.05, 0.1) is 0 Å². The van der Waals surface area contributed by atoms with Gasteiger partial charge < -0.3 is 40.5 Å². The van der Waals surface area contributed by atoms with Crippen molar-refractivity contribution < 1.29 is 43.4 Å². The van der Waals surface area contributed by atoms with Gasteiger partial charge in [-0.25, -0.2) is 9.78 Å². The zero-order valence-corrected chi connectivity index (χ0v) is 32.7. The van der Waals surface area contributed by atoms with Crippen molar-refractivity contribution in [2.75, 3.05) is 20.1 Å². The average molecular weight is 796 g/mol. The number of amides is 6. The summed E-state index contributed by atoms with van der Waals surface area (Å²) in [7, 11) is 1.52. The second-order valence-electron chi connectivity index (χ2n) is 14.8. The van der Waals surface area contributed by atoms with E-state index in [4.69, 9.17) is 4.74 Å². The molecule has 3 aromatic rings. The summed E-state index contributed by atoms with van der Waals surface area (Å²) >= 11 is 0. The van der Waals surface area contributed by atoms with Crippen LogP contribution in [0.1, 0.15) is 73.6 Å². The van der Waals surface area contributed by atoms with Gasteiger partial charge in [0.15, 0.2) is 11.7 Å². The number of carbonyl (C=O) groups is 7. The summed E-state index contributed by atoms with van der Waals surface area (Å²) in [5.41, 5.74) is 0.738. The van der Waals surface area contributed by atoms with E-state index in [2.05, 4.69) is 20.9 Å². The van der Waals surface area contributed by atoms with E-state index < -0.39 is 95.2 Å². The van der Waals surface area contributed by atoms with Gasteiger partial charge in [-0.15, -0.1) is 0 Å². The third kappa shape index (κ3) is 8.95. The van der Waals surface area contributed by atoms with Gasteiger partial charge >= 0.3 is 5.97 Å². The topological polar surface area (TPSA) is 208 Å². The summed E-state index contributed by atoms with van der Waals surface area (Å²) in [6, 6.07) is 13.0. The Morgan fingerprint density at radius 3 is 2.12 bits per heavy atom. The van der Waals surface area contributed by atoms with Crippen LogP contribution in [0.25, 0.3) is 0 Å². The Bertz CT molecular complexity index is 2020. The van der Waals surface area contributed by atoms with Crippen molar-refractivity contribution >= 4 is 41.4 Å². The number of hydrogen-bond donors (Lipinski definition) is 4. The lowest BCUT2D eigenvalue weighted by Gasteiger charge is -2.36. The molecule has 0 unspecified atom stereocenters. The van der Waals surface area contributed by atoms with E-state index in [0.717, 1.165) is 5.56 Å². The molecule has 1 aromatic heterocycles. The predicted molar refractivity (Wildman–Crippen MR) is 208 cm³/mol. The molecule has 3 saturated heterocycles. The first kappa shape index (κ1) is 41.3. The number of nitrogens with zero attached hydrogens (tertiary/aromatic N) is 4. The molecule has 16 nitrogen and oxygen atoms in total. The number of rotatable bonds is 6. The second kappa shape index (κ2) is 18.3. The number of cyclic esters (lactones) is 1. The molecule has 306 valence electrons. The summed E-state index contributed by atoms with van der Waals surface area (Å²) in [5, 5.41) is 18.3. The maximum Gasteiger partial charge on any atom is 0.333 e. The van der Waals surface area contributed by atoms with Gasteiger partial charge in [-0.2, -0.15) is 0 Å². The lowest BCUT2D eigenvalue weighted by atomic mass is 10.0. The fourth-order valence-electron chi connectivity index (χ4n) is 7.86. The predicted octanol–water partition coefficient (Wildman–Crippen LogP) is 1.63. The number of pyridine rings is 1. The Hall–Kier alpha value is -6.32. The van der Waals surface area contributed by atoms with E-state index in [-0.39, 0.29) is 32.4 Å². The van der Waals surface area contributed by atoms with E-state index in [9.17, 15) is 38.7 Å². The minimum absolute atomic E-state index is 0.0985. The molecule has 3 fully saturated rings. The Kier molecular flexibility index (Phi) is 13.0. The van der Waals surface area contributed by atoms with E-state index in [0.29, 0.717) is 24.8 Å². The van der Waals surface area contributed by atoms with Gasteiger partial charge in [0.1, 0.15) is 42.1 Å². The summed E-state index contributed by atoms with van der Waals surface area (Å²) in [4.78, 5) is 107. The fraction of sp³-hybridized carbons (Fsp3) is 0.429. The summed E-state index contributed by atoms with van der Waals surface area (Å²) in [6.07, 6.45) is 1.70. The normalized spacial score (nSPS) is 26.4. The maximum atomic E-state index is 14.6. The van der Waals surface area contributed by atoms with Crippen molar-refractivity contribution in [1.82, 2.24) is 35.6 Å². The van der Waals surface area contributed by atoms with Gasteiger partial charge in [-0.1, -0.05) is 67.6 Å². The van der Waals surface area contributed by atoms with E-state index >= 15 is 0 Å². The molecule has 6 rings (SSSR count). The molecule has 7 atom stereocenters. The molecule has 4 heterocycles. The smallest absolute Gasteiger partial charge is 0.333 e. The van der Waals surface area contributed by atoms with Crippen molar-refractivity contribution in [3.8, 4) is 5.75 Å². The van der Waals surface area contributed by atoms with Gasteiger partial charge in [0, 0.05) is 32.8 Å². The molecular weight excluding hydrogens is 747 g/mol. The number of nitrogens with one attached hydrogen (secondary N) is 3. The molecule has 4 N–H and O–H groups in total. The number of aromatic hydroxyl groups is 1. The monoisotopic (exact) mass is 795 g/mol. The molecular formula is C42H49N7O9. The zero-order valence-electron chi connectivity index (χ0n) is 32.7. The summed E-state index contributed by atoms with van der Waals surface area (Å²) in [5.74, 6) is -5.36. The van der Waals surface area contributed by atoms with Crippen LogP contribution in [-0.4, -0.2) is 123 Å². The molecule has 0 bridgehead atoms. The Morgan fingerprint density at radius 1 is 0.828 bits per heavy atom. The first-order valence-electron chi connectivity index (χ1n) is 19.6. The van der Waals surface area contributed by atoms with E-state index in [1.807, 2.05) is 30.3 Å². The summed E-state index contributed by atoms with van der Waals surface area (Å²) in [6.45, 7) is 3.49. The molecule has 6 amide bonds. The molecule has 2 aromatic carbocycles. The number of carbonyl (C=O) groups excluding carboxylic acids is 7. The van der Waals surface area contributed by atoms with Crippen LogP contribution in [-0.2, 0) is 39.9 Å². The molecule has 0 saturated carbocycles. The number of hydrogen-bond acceptors (Lipinski definition) is 10. The largest absolute Gasteiger partial charge is 0.505 e. The van der Waals surface area contributed by atoms with E-state index in [1.54, 1.807) is 37.3 Å². The highest BCUT2D eigenvalue weighted by Gasteiger charge is 2.45. The highest BCUT2D eigenvalue weighted by molar-refractivity contribution is 6.00. The number of ether oxygens (including phenoxy) is 1. The Balaban J connectivity index is 1.41. The second-order valence-corrected chi connectivity index (χ2v) is 14.8. The lowest BCUT2D eigenvalue weighted by Crippen LogP contribution is -2.60. The molecule has 0 aliphatic carbocycles. The Labute approximate surface area is 336 Å². The molecule has 16 heteroatoms. The molecule has 3 aliphatic heterocycles. The minimum atomic E-state index is -1.63. The number of fused-ring (bicyclic) bond motifs is 2. The van der Waals surface area contributed by atoms with E-state index in [1.165, 1.54) is 47.0 Å². The van der Waals surface area contributed by atoms with Crippen LogP contribution in [0.2, 0.25) is 0 Å². The average Bonchev–Trinajstić information content (AvgIpc) is 3.93. The fourth-order valence-corrected chi connectivity index (χ4v) is 7.86. The van der Waals surface area contributed by atoms with Crippen LogP contribution in [0.4, 0.5) is 0 Å². The van der Waals surface area contributed by atoms with Gasteiger partial charge in [0.25, 0.3) is 5.91 Å². The molecule has 58 heavy (non-hydrogen) atoms. The van der Waals surface area contributed by atoms with Crippen molar-refractivity contribution in [3.63, 3.8) is 0 Å².